The van der Waals surface area contributed by atoms with Crippen LogP contribution >= 0.6 is 11.5 Å². The summed E-state index contributed by atoms with van der Waals surface area (Å²) in [6, 6.07) is 14.3. The van der Waals surface area contributed by atoms with Crippen molar-refractivity contribution in [1.82, 2.24) is 3.96 Å². The Balaban J connectivity index is 1.92. The van der Waals surface area contributed by atoms with Crippen molar-refractivity contribution < 1.29 is 9.30 Å². The van der Waals surface area contributed by atoms with Crippen molar-refractivity contribution in [2.75, 3.05) is 7.11 Å². The first-order valence-electron chi connectivity index (χ1n) is 8.92. The number of hydrogen-bond acceptors (Lipinski definition) is 3. The molecule has 0 saturated heterocycles. The molecule has 4 aromatic rings. The van der Waals surface area contributed by atoms with Crippen LogP contribution in [-0.4, -0.2) is 11.1 Å². The maximum Gasteiger partial charge on any atom is 0.261 e. The minimum atomic E-state index is -0.212. The molecule has 138 valence electrons. The van der Waals surface area contributed by atoms with E-state index >= 15 is 0 Å². The Hall–Kier alpha value is -2.66. The molecule has 0 amide bonds. The Morgan fingerprint density at radius 1 is 1.04 bits per heavy atom. The number of aryl methyl sites for hydroxylation is 1. The predicted octanol–water partition coefficient (Wildman–Crippen LogP) is 4.47. The lowest BCUT2D eigenvalue weighted by Gasteiger charge is -2.18. The zero-order valence-electron chi connectivity index (χ0n) is 16.2. The Bertz CT molecular complexity index is 1230. The van der Waals surface area contributed by atoms with E-state index in [2.05, 4.69) is 61.9 Å². The number of ether oxygens (including phenoxy) is 1. The van der Waals surface area contributed by atoms with Gasteiger partial charge in [0.05, 0.1) is 28.3 Å². The molecular weight excluding hydrogens is 356 g/mol. The third-order valence-corrected chi connectivity index (χ3v) is 6.26. The summed E-state index contributed by atoms with van der Waals surface area (Å²) in [6.45, 7) is 6.15. The monoisotopic (exact) mass is 379 g/mol. The molecule has 0 aliphatic heterocycles. The summed E-state index contributed by atoms with van der Waals surface area (Å²) in [5.41, 5.74) is 2.04. The number of rotatable bonds is 2. The molecule has 4 nitrogen and oxygen atoms in total. The van der Waals surface area contributed by atoms with Gasteiger partial charge in [0.25, 0.3) is 5.56 Å². The second-order valence-electron chi connectivity index (χ2n) is 7.83. The normalized spacial score (nSPS) is 12.0. The molecule has 0 radical (unpaired) electrons. The predicted molar refractivity (Wildman–Crippen MR) is 112 cm³/mol. The van der Waals surface area contributed by atoms with Crippen LogP contribution in [0.15, 0.2) is 53.5 Å². The molecule has 2 aromatic heterocycles. The summed E-state index contributed by atoms with van der Waals surface area (Å²) in [5, 5.41) is 3.51. The fraction of sp³-hybridized carbons (Fsp3) is 0.273. The van der Waals surface area contributed by atoms with Crippen molar-refractivity contribution in [2.24, 2.45) is 7.05 Å². The van der Waals surface area contributed by atoms with Crippen LogP contribution in [-0.2, 0) is 12.6 Å². The second kappa shape index (κ2) is 6.20. The maximum absolute atomic E-state index is 12.4. The van der Waals surface area contributed by atoms with Gasteiger partial charge < -0.3 is 4.74 Å². The van der Waals surface area contributed by atoms with Crippen molar-refractivity contribution in [2.45, 2.75) is 26.3 Å². The number of aromatic nitrogens is 2. The zero-order chi connectivity index (χ0) is 19.3. The quantitative estimate of drug-likeness (QED) is 0.380. The van der Waals surface area contributed by atoms with Crippen molar-refractivity contribution >= 4 is 33.2 Å². The first-order chi connectivity index (χ1) is 12.8. The van der Waals surface area contributed by atoms with E-state index in [-0.39, 0.29) is 11.1 Å². The van der Waals surface area contributed by atoms with Crippen LogP contribution < -0.4 is 14.9 Å². The van der Waals surface area contributed by atoms with Crippen LogP contribution in [0.2, 0.25) is 0 Å². The van der Waals surface area contributed by atoms with Gasteiger partial charge in [0.15, 0.2) is 6.20 Å². The average Bonchev–Trinajstić information content (AvgIpc) is 3.03. The molecule has 0 aliphatic rings. The van der Waals surface area contributed by atoms with Crippen LogP contribution in [0.3, 0.4) is 0 Å². The van der Waals surface area contributed by atoms with Gasteiger partial charge in [-0.2, -0.15) is 0 Å². The van der Waals surface area contributed by atoms with Crippen molar-refractivity contribution in [3.05, 3.63) is 59.0 Å². The van der Waals surface area contributed by atoms with Gasteiger partial charge in [-0.1, -0.05) is 17.6 Å². The fourth-order valence-corrected chi connectivity index (χ4v) is 4.45. The third kappa shape index (κ3) is 3.02. The summed E-state index contributed by atoms with van der Waals surface area (Å²) < 4.78 is 9.31. The van der Waals surface area contributed by atoms with Crippen LogP contribution in [0.25, 0.3) is 32.1 Å². The first-order valence-corrected chi connectivity index (χ1v) is 9.69. The molecule has 2 aromatic carbocycles. The standard InChI is InChI=1S/C22H23N2O2S/c1-22(2,3)24-21(25)12-20(27-24)14-6-8-18-17-9-7-16(26-5)10-15(17)13-23(4)19(18)11-14/h6-13H,1-5H3/q+1. The van der Waals surface area contributed by atoms with E-state index in [1.807, 2.05) is 17.1 Å². The number of nitrogens with zero attached hydrogens (tertiary/aromatic N) is 2. The molecule has 0 fully saturated rings. The van der Waals surface area contributed by atoms with E-state index in [0.29, 0.717) is 0 Å². The molecule has 0 unspecified atom stereocenters. The lowest BCUT2D eigenvalue weighted by atomic mass is 10.0. The first kappa shape index (κ1) is 17.7. The molecule has 2 heterocycles. The van der Waals surface area contributed by atoms with E-state index in [9.17, 15) is 4.79 Å². The van der Waals surface area contributed by atoms with Gasteiger partial charge in [-0.15, -0.1) is 0 Å². The SMILES string of the molecule is COc1ccc2c(c1)c[n+](C)c1cc(-c3cc(=O)n(C(C)(C)C)s3)ccc21. The van der Waals surface area contributed by atoms with E-state index in [1.165, 1.54) is 22.3 Å². The van der Waals surface area contributed by atoms with Crippen molar-refractivity contribution in [1.29, 1.82) is 0 Å². The molecule has 0 spiro atoms. The molecule has 27 heavy (non-hydrogen) atoms. The highest BCUT2D eigenvalue weighted by molar-refractivity contribution is 7.10. The van der Waals surface area contributed by atoms with Gasteiger partial charge in [0.2, 0.25) is 5.52 Å². The van der Waals surface area contributed by atoms with Gasteiger partial charge in [-0.3, -0.25) is 8.75 Å². The zero-order valence-corrected chi connectivity index (χ0v) is 17.1. The largest absolute Gasteiger partial charge is 0.497 e. The lowest BCUT2D eigenvalue weighted by molar-refractivity contribution is -0.643. The summed E-state index contributed by atoms with van der Waals surface area (Å²) >= 11 is 1.52. The number of pyridine rings is 1. The van der Waals surface area contributed by atoms with E-state index in [0.717, 1.165) is 27.1 Å². The molecule has 0 aliphatic carbocycles. The van der Waals surface area contributed by atoms with Gasteiger partial charge in [-0.05, 0) is 50.6 Å². The van der Waals surface area contributed by atoms with Crippen molar-refractivity contribution in [3.8, 4) is 16.2 Å². The van der Waals surface area contributed by atoms with E-state index < -0.39 is 0 Å². The highest BCUT2D eigenvalue weighted by atomic mass is 32.1. The molecule has 0 bridgehead atoms. The van der Waals surface area contributed by atoms with Crippen molar-refractivity contribution in [3.63, 3.8) is 0 Å². The Morgan fingerprint density at radius 2 is 1.78 bits per heavy atom. The summed E-state index contributed by atoms with van der Waals surface area (Å²) in [5.74, 6) is 0.853. The molecule has 0 saturated carbocycles. The maximum atomic E-state index is 12.4. The van der Waals surface area contributed by atoms with E-state index in [4.69, 9.17) is 4.74 Å². The van der Waals surface area contributed by atoms with Crippen LogP contribution in [0, 0.1) is 0 Å². The van der Waals surface area contributed by atoms with Gasteiger partial charge in [0.1, 0.15) is 12.8 Å². The van der Waals surface area contributed by atoms with Crippen LogP contribution in [0.5, 0.6) is 5.75 Å². The Kier molecular flexibility index (Phi) is 4.07. The molecule has 0 atom stereocenters. The number of benzene rings is 2. The average molecular weight is 380 g/mol. The summed E-state index contributed by atoms with van der Waals surface area (Å²) in [6.07, 6.45) is 2.12. The highest BCUT2D eigenvalue weighted by Gasteiger charge is 2.19. The fourth-order valence-electron chi connectivity index (χ4n) is 3.45. The van der Waals surface area contributed by atoms with Crippen LogP contribution in [0.4, 0.5) is 0 Å². The molecule has 0 N–H and O–H groups in total. The Labute approximate surface area is 162 Å². The van der Waals surface area contributed by atoms with Crippen LogP contribution in [0.1, 0.15) is 20.8 Å². The van der Waals surface area contributed by atoms with Gasteiger partial charge in [-0.25, -0.2) is 4.57 Å². The third-order valence-electron chi connectivity index (χ3n) is 4.80. The molecular formula is C22H23N2O2S+. The molecule has 4 rings (SSSR count). The highest BCUT2D eigenvalue weighted by Crippen LogP contribution is 2.31. The smallest absolute Gasteiger partial charge is 0.261 e. The second-order valence-corrected chi connectivity index (χ2v) is 8.82. The minimum absolute atomic E-state index is 0.0533. The minimum Gasteiger partial charge on any atom is -0.497 e. The van der Waals surface area contributed by atoms with Gasteiger partial charge in [0, 0.05) is 17.5 Å². The summed E-state index contributed by atoms with van der Waals surface area (Å²) in [7, 11) is 3.73. The number of fused-ring (bicyclic) bond motifs is 3. The number of methoxy groups -OCH3 is 1. The summed E-state index contributed by atoms with van der Waals surface area (Å²) in [4.78, 5) is 13.4. The topological polar surface area (TPSA) is 35.1 Å². The van der Waals surface area contributed by atoms with Gasteiger partial charge >= 0.3 is 0 Å². The van der Waals surface area contributed by atoms with E-state index in [1.54, 1.807) is 13.2 Å². The number of hydrogen-bond donors (Lipinski definition) is 0. The molecule has 5 heteroatoms. The lowest BCUT2D eigenvalue weighted by Crippen LogP contribution is -2.28. The Morgan fingerprint density at radius 3 is 2.44 bits per heavy atom.